The van der Waals surface area contributed by atoms with Gasteiger partial charge < -0.3 is 10.3 Å². The van der Waals surface area contributed by atoms with Gasteiger partial charge in [0.1, 0.15) is 5.82 Å². The smallest absolute Gasteiger partial charge is 0.257 e. The topological polar surface area (TPSA) is 57.8 Å². The SMILES string of the molecule is O=C(Nc1ccc(-c2nc3ccccc3[nH]2)cc1)c1ccc(Cl)cc1Cl. The van der Waals surface area contributed by atoms with Crippen LogP contribution in [0.4, 0.5) is 5.69 Å². The number of carbonyl (C=O) groups is 1. The molecule has 0 radical (unpaired) electrons. The number of nitrogens with zero attached hydrogens (tertiary/aromatic N) is 1. The van der Waals surface area contributed by atoms with E-state index in [1.54, 1.807) is 18.2 Å². The second-order valence-electron chi connectivity index (χ2n) is 5.76. The Hall–Kier alpha value is -2.82. The molecule has 26 heavy (non-hydrogen) atoms. The quantitative estimate of drug-likeness (QED) is 0.471. The van der Waals surface area contributed by atoms with Gasteiger partial charge >= 0.3 is 0 Å². The Morgan fingerprint density at radius 3 is 2.46 bits per heavy atom. The molecule has 0 aliphatic rings. The van der Waals surface area contributed by atoms with Crippen molar-refractivity contribution in [1.29, 1.82) is 0 Å². The number of amides is 1. The number of fused-ring (bicyclic) bond motifs is 1. The molecule has 0 unspecified atom stereocenters. The van der Waals surface area contributed by atoms with Gasteiger partial charge in [-0.2, -0.15) is 0 Å². The highest BCUT2D eigenvalue weighted by molar-refractivity contribution is 6.37. The molecule has 1 amide bonds. The van der Waals surface area contributed by atoms with E-state index < -0.39 is 0 Å². The number of aromatic nitrogens is 2. The van der Waals surface area contributed by atoms with Crippen LogP contribution in [0.3, 0.4) is 0 Å². The van der Waals surface area contributed by atoms with Gasteiger partial charge in [-0.05, 0) is 54.6 Å². The predicted octanol–water partition coefficient (Wildman–Crippen LogP) is 5.79. The third-order valence-corrected chi connectivity index (χ3v) is 4.53. The molecule has 0 saturated carbocycles. The third-order valence-electron chi connectivity index (χ3n) is 3.98. The zero-order chi connectivity index (χ0) is 18.1. The first-order valence-corrected chi connectivity index (χ1v) is 8.67. The molecule has 4 nitrogen and oxygen atoms in total. The van der Waals surface area contributed by atoms with E-state index >= 15 is 0 Å². The lowest BCUT2D eigenvalue weighted by Crippen LogP contribution is -2.12. The van der Waals surface area contributed by atoms with Gasteiger partial charge in [0.05, 0.1) is 21.6 Å². The molecule has 0 aliphatic heterocycles. The Kier molecular flexibility index (Phi) is 4.37. The molecule has 2 N–H and O–H groups in total. The maximum Gasteiger partial charge on any atom is 0.257 e. The summed E-state index contributed by atoms with van der Waals surface area (Å²) in [5, 5.41) is 3.63. The van der Waals surface area contributed by atoms with E-state index in [1.807, 2.05) is 48.5 Å². The van der Waals surface area contributed by atoms with Crippen molar-refractivity contribution >= 4 is 45.8 Å². The van der Waals surface area contributed by atoms with Crippen LogP contribution in [0.25, 0.3) is 22.4 Å². The highest BCUT2D eigenvalue weighted by Gasteiger charge is 2.11. The Labute approximate surface area is 159 Å². The number of carbonyl (C=O) groups excluding carboxylic acids is 1. The summed E-state index contributed by atoms with van der Waals surface area (Å²) in [5.74, 6) is 0.493. The Morgan fingerprint density at radius 2 is 1.73 bits per heavy atom. The lowest BCUT2D eigenvalue weighted by Gasteiger charge is -2.07. The van der Waals surface area contributed by atoms with Crippen LogP contribution in [0.15, 0.2) is 66.7 Å². The fraction of sp³-hybridized carbons (Fsp3) is 0. The van der Waals surface area contributed by atoms with Gasteiger partial charge in [-0.1, -0.05) is 35.3 Å². The number of benzene rings is 3. The van der Waals surface area contributed by atoms with E-state index in [0.717, 1.165) is 22.4 Å². The minimum Gasteiger partial charge on any atom is -0.338 e. The molecule has 0 saturated heterocycles. The lowest BCUT2D eigenvalue weighted by atomic mass is 10.1. The number of hydrogen-bond acceptors (Lipinski definition) is 2. The van der Waals surface area contributed by atoms with E-state index in [1.165, 1.54) is 0 Å². The van der Waals surface area contributed by atoms with Crippen molar-refractivity contribution in [3.63, 3.8) is 0 Å². The van der Waals surface area contributed by atoms with Crippen molar-refractivity contribution in [1.82, 2.24) is 9.97 Å². The second kappa shape index (κ2) is 6.83. The van der Waals surface area contributed by atoms with E-state index in [2.05, 4.69) is 15.3 Å². The van der Waals surface area contributed by atoms with Crippen LogP contribution in [0.2, 0.25) is 10.0 Å². The molecule has 3 aromatic carbocycles. The Bertz CT molecular complexity index is 1070. The van der Waals surface area contributed by atoms with Gasteiger partial charge in [-0.25, -0.2) is 4.98 Å². The molecular formula is C20H13Cl2N3O. The molecule has 6 heteroatoms. The van der Waals surface area contributed by atoms with Gasteiger partial charge in [0.15, 0.2) is 0 Å². The van der Waals surface area contributed by atoms with E-state index in [0.29, 0.717) is 21.3 Å². The predicted molar refractivity (Wildman–Crippen MR) is 106 cm³/mol. The number of para-hydroxylation sites is 2. The summed E-state index contributed by atoms with van der Waals surface area (Å²) in [6, 6.07) is 20.1. The van der Waals surface area contributed by atoms with Crippen molar-refractivity contribution in [3.8, 4) is 11.4 Å². The van der Waals surface area contributed by atoms with Crippen molar-refractivity contribution in [2.45, 2.75) is 0 Å². The van der Waals surface area contributed by atoms with Crippen LogP contribution < -0.4 is 5.32 Å². The van der Waals surface area contributed by atoms with Crippen molar-refractivity contribution in [2.75, 3.05) is 5.32 Å². The maximum atomic E-state index is 12.4. The number of aromatic amines is 1. The first kappa shape index (κ1) is 16.6. The van der Waals surface area contributed by atoms with Crippen LogP contribution in [0.1, 0.15) is 10.4 Å². The van der Waals surface area contributed by atoms with E-state index in [9.17, 15) is 4.79 Å². The summed E-state index contributed by atoms with van der Waals surface area (Å²) in [6.07, 6.45) is 0. The Balaban J connectivity index is 1.55. The number of halogens is 2. The number of anilines is 1. The van der Waals surface area contributed by atoms with E-state index in [4.69, 9.17) is 23.2 Å². The summed E-state index contributed by atoms with van der Waals surface area (Å²) < 4.78 is 0. The molecule has 1 heterocycles. The molecular weight excluding hydrogens is 369 g/mol. The zero-order valence-corrected chi connectivity index (χ0v) is 15.0. The molecule has 0 aliphatic carbocycles. The van der Waals surface area contributed by atoms with Crippen LogP contribution >= 0.6 is 23.2 Å². The van der Waals surface area contributed by atoms with Crippen LogP contribution in [-0.4, -0.2) is 15.9 Å². The average molecular weight is 382 g/mol. The Morgan fingerprint density at radius 1 is 0.962 bits per heavy atom. The molecule has 1 aromatic heterocycles. The van der Waals surface area contributed by atoms with Crippen molar-refractivity contribution in [3.05, 3.63) is 82.3 Å². The third kappa shape index (κ3) is 3.29. The van der Waals surface area contributed by atoms with Gasteiger partial charge in [-0.3, -0.25) is 4.79 Å². The number of H-pyrrole nitrogens is 1. The summed E-state index contributed by atoms with van der Waals surface area (Å²) in [4.78, 5) is 20.2. The monoisotopic (exact) mass is 381 g/mol. The number of imidazole rings is 1. The molecule has 0 atom stereocenters. The average Bonchev–Trinajstić information content (AvgIpc) is 3.06. The lowest BCUT2D eigenvalue weighted by molar-refractivity contribution is 0.102. The summed E-state index contributed by atoms with van der Waals surface area (Å²) in [7, 11) is 0. The summed E-state index contributed by atoms with van der Waals surface area (Å²) >= 11 is 11.9. The van der Waals surface area contributed by atoms with E-state index in [-0.39, 0.29) is 5.91 Å². The first-order chi connectivity index (χ1) is 12.6. The maximum absolute atomic E-state index is 12.4. The number of rotatable bonds is 3. The minimum atomic E-state index is -0.289. The molecule has 4 rings (SSSR count). The number of hydrogen-bond donors (Lipinski definition) is 2. The fourth-order valence-electron chi connectivity index (χ4n) is 2.67. The first-order valence-electron chi connectivity index (χ1n) is 7.92. The molecule has 0 bridgehead atoms. The summed E-state index contributed by atoms with van der Waals surface area (Å²) in [5.41, 5.74) is 3.87. The minimum absolute atomic E-state index is 0.289. The van der Waals surface area contributed by atoms with Crippen LogP contribution in [0.5, 0.6) is 0 Å². The van der Waals surface area contributed by atoms with Crippen LogP contribution in [-0.2, 0) is 0 Å². The highest BCUT2D eigenvalue weighted by Crippen LogP contribution is 2.24. The standard InChI is InChI=1S/C20H13Cl2N3O/c21-13-7-10-15(16(22)11-13)20(26)23-14-8-5-12(6-9-14)19-24-17-3-1-2-4-18(17)25-19/h1-11H,(H,23,26)(H,24,25). The normalized spacial score (nSPS) is 10.8. The number of nitrogens with one attached hydrogen (secondary N) is 2. The van der Waals surface area contributed by atoms with Crippen molar-refractivity contribution in [2.24, 2.45) is 0 Å². The second-order valence-corrected chi connectivity index (χ2v) is 6.60. The largest absolute Gasteiger partial charge is 0.338 e. The highest BCUT2D eigenvalue weighted by atomic mass is 35.5. The molecule has 4 aromatic rings. The van der Waals surface area contributed by atoms with Crippen molar-refractivity contribution < 1.29 is 4.79 Å². The molecule has 128 valence electrons. The van der Waals surface area contributed by atoms with Gasteiger partial charge in [0, 0.05) is 16.3 Å². The fourth-order valence-corrected chi connectivity index (χ4v) is 3.17. The van der Waals surface area contributed by atoms with Gasteiger partial charge in [-0.15, -0.1) is 0 Å². The van der Waals surface area contributed by atoms with Crippen LogP contribution in [0, 0.1) is 0 Å². The summed E-state index contributed by atoms with van der Waals surface area (Å²) in [6.45, 7) is 0. The van der Waals surface area contributed by atoms with Gasteiger partial charge in [0.2, 0.25) is 0 Å². The van der Waals surface area contributed by atoms with Gasteiger partial charge in [0.25, 0.3) is 5.91 Å². The molecule has 0 spiro atoms. The zero-order valence-electron chi connectivity index (χ0n) is 13.5. The molecule has 0 fully saturated rings.